The van der Waals surface area contributed by atoms with Gasteiger partial charge in [0, 0.05) is 0 Å². The second kappa shape index (κ2) is 1.66. The van der Waals surface area contributed by atoms with Crippen LogP contribution in [0.15, 0.2) is 5.29 Å². The van der Waals surface area contributed by atoms with E-state index in [2.05, 4.69) is 5.29 Å². The first kappa shape index (κ1) is 4.84. The van der Waals surface area contributed by atoms with Gasteiger partial charge in [0.1, 0.15) is 0 Å². The van der Waals surface area contributed by atoms with Gasteiger partial charge in [-0.2, -0.15) is 0 Å². The topological polar surface area (TPSA) is 32.7 Å². The molecule has 40 valence electrons. The lowest BCUT2D eigenvalue weighted by atomic mass is 10.3. The monoisotopic (exact) mass is 120 g/mol. The van der Waals surface area contributed by atoms with Crippen molar-refractivity contribution in [3.8, 4) is 0 Å². The van der Waals surface area contributed by atoms with E-state index in [-0.39, 0.29) is 5.38 Å². The number of hydrogen-bond donors (Lipinski definition) is 0. The number of halogens is 1. The van der Waals surface area contributed by atoms with E-state index in [9.17, 15) is 4.91 Å². The van der Waals surface area contributed by atoms with E-state index in [0.717, 1.165) is 0 Å². The van der Waals surface area contributed by atoms with Gasteiger partial charge in [0.2, 0.25) is 0 Å². The Morgan fingerprint density at radius 2 is 2.29 bits per heavy atom. The van der Waals surface area contributed by atoms with Gasteiger partial charge in [-0.1, -0.05) is 0 Å². The molecule has 3 nitrogen and oxygen atoms in total. The second-order valence-corrected chi connectivity index (χ2v) is 2.17. The van der Waals surface area contributed by atoms with Crippen LogP contribution in [0.5, 0.6) is 0 Å². The fourth-order valence-corrected chi connectivity index (χ4v) is 0.789. The summed E-state index contributed by atoms with van der Waals surface area (Å²) in [5, 5.41) is 4.18. The Hall–Kier alpha value is -0.310. The zero-order valence-electron chi connectivity index (χ0n) is 3.67. The van der Waals surface area contributed by atoms with Crippen LogP contribution in [0, 0.1) is 4.91 Å². The van der Waals surface area contributed by atoms with Crippen molar-refractivity contribution in [2.24, 2.45) is 5.29 Å². The van der Waals surface area contributed by atoms with Crippen LogP contribution < -0.4 is 0 Å². The van der Waals surface area contributed by atoms with E-state index in [1.54, 1.807) is 0 Å². The standard InChI is InChI=1S/C3H5ClN2O/c4-3-1-6(2-3)5-7/h3H,1-2H2. The molecule has 0 bridgehead atoms. The van der Waals surface area contributed by atoms with Crippen molar-refractivity contribution in [2.45, 2.75) is 5.38 Å². The lowest BCUT2D eigenvalue weighted by molar-refractivity contribution is 0.193. The Morgan fingerprint density at radius 1 is 1.71 bits per heavy atom. The zero-order valence-corrected chi connectivity index (χ0v) is 4.43. The minimum Gasteiger partial charge on any atom is -0.258 e. The van der Waals surface area contributed by atoms with E-state index in [1.807, 2.05) is 0 Å². The molecule has 0 aromatic rings. The number of alkyl halides is 1. The smallest absolute Gasteiger partial charge is 0.0721 e. The number of nitrogens with zero attached hydrogens (tertiary/aromatic N) is 2. The quantitative estimate of drug-likeness (QED) is 0.375. The highest BCUT2D eigenvalue weighted by atomic mass is 35.5. The number of hydrogen-bond acceptors (Lipinski definition) is 2. The van der Waals surface area contributed by atoms with Crippen LogP contribution in [-0.4, -0.2) is 23.5 Å². The van der Waals surface area contributed by atoms with Gasteiger partial charge in [-0.3, -0.25) is 5.01 Å². The molecule has 0 spiro atoms. The molecule has 1 aliphatic heterocycles. The molecule has 4 heteroatoms. The summed E-state index contributed by atoms with van der Waals surface area (Å²) in [6, 6.07) is 0. The molecule has 1 saturated heterocycles. The molecule has 1 rings (SSSR count). The molecule has 7 heavy (non-hydrogen) atoms. The molecule has 0 unspecified atom stereocenters. The summed E-state index contributed by atoms with van der Waals surface area (Å²) < 4.78 is 0. The molecule has 1 aliphatic rings. The first-order chi connectivity index (χ1) is 3.33. The van der Waals surface area contributed by atoms with Gasteiger partial charge in [-0.05, 0) is 0 Å². The summed E-state index contributed by atoms with van der Waals surface area (Å²) in [4.78, 5) is 9.55. The largest absolute Gasteiger partial charge is 0.258 e. The average molecular weight is 121 g/mol. The molecule has 0 aromatic carbocycles. The lowest BCUT2D eigenvalue weighted by Gasteiger charge is -2.28. The van der Waals surface area contributed by atoms with Crippen molar-refractivity contribution in [3.63, 3.8) is 0 Å². The average Bonchev–Trinajstić information content (AvgIpc) is 1.58. The summed E-state index contributed by atoms with van der Waals surface area (Å²) in [5.41, 5.74) is 0. The normalized spacial score (nSPS) is 21.6. The van der Waals surface area contributed by atoms with E-state index in [1.165, 1.54) is 5.01 Å². The molecule has 1 fully saturated rings. The van der Waals surface area contributed by atoms with Crippen LogP contribution in [0.4, 0.5) is 0 Å². The van der Waals surface area contributed by atoms with Crippen molar-refractivity contribution >= 4 is 11.6 Å². The molecule has 0 N–H and O–H groups in total. The lowest BCUT2D eigenvalue weighted by Crippen LogP contribution is -2.43. The van der Waals surface area contributed by atoms with Crippen molar-refractivity contribution in [2.75, 3.05) is 13.1 Å². The van der Waals surface area contributed by atoms with E-state index in [0.29, 0.717) is 13.1 Å². The van der Waals surface area contributed by atoms with Crippen LogP contribution in [0.1, 0.15) is 0 Å². The van der Waals surface area contributed by atoms with Crippen molar-refractivity contribution in [1.82, 2.24) is 5.01 Å². The van der Waals surface area contributed by atoms with Gasteiger partial charge < -0.3 is 0 Å². The van der Waals surface area contributed by atoms with Crippen LogP contribution >= 0.6 is 11.6 Å². The van der Waals surface area contributed by atoms with Gasteiger partial charge in [-0.15, -0.1) is 16.5 Å². The van der Waals surface area contributed by atoms with Crippen LogP contribution in [0.25, 0.3) is 0 Å². The molecule has 0 amide bonds. The Kier molecular flexibility index (Phi) is 1.15. The summed E-state index contributed by atoms with van der Waals surface area (Å²) in [6.07, 6.45) is 0. The second-order valence-electron chi connectivity index (χ2n) is 1.55. The molecule has 0 aliphatic carbocycles. The molecular weight excluding hydrogens is 115 g/mol. The van der Waals surface area contributed by atoms with Gasteiger partial charge in [0.15, 0.2) is 0 Å². The SMILES string of the molecule is O=NN1CC(Cl)C1. The highest BCUT2D eigenvalue weighted by Crippen LogP contribution is 2.12. The van der Waals surface area contributed by atoms with Gasteiger partial charge in [0.25, 0.3) is 0 Å². The van der Waals surface area contributed by atoms with Crippen molar-refractivity contribution in [1.29, 1.82) is 0 Å². The Bertz CT molecular complexity index is 81.0. The molecule has 0 atom stereocenters. The Labute approximate surface area is 46.2 Å². The predicted molar refractivity (Wildman–Crippen MR) is 27.0 cm³/mol. The summed E-state index contributed by atoms with van der Waals surface area (Å²) in [5.74, 6) is 0. The first-order valence-electron chi connectivity index (χ1n) is 2.05. The van der Waals surface area contributed by atoms with Crippen molar-refractivity contribution in [3.05, 3.63) is 4.91 Å². The summed E-state index contributed by atoms with van der Waals surface area (Å²) in [6.45, 7) is 1.23. The fourth-order valence-electron chi connectivity index (χ4n) is 0.471. The maximum absolute atomic E-state index is 9.55. The Morgan fingerprint density at radius 3 is 2.43 bits per heavy atom. The maximum atomic E-state index is 9.55. The van der Waals surface area contributed by atoms with Crippen LogP contribution in [0.3, 0.4) is 0 Å². The number of rotatable bonds is 1. The molecule has 0 aromatic heterocycles. The van der Waals surface area contributed by atoms with Crippen LogP contribution in [0.2, 0.25) is 0 Å². The van der Waals surface area contributed by atoms with Gasteiger partial charge in [-0.25, -0.2) is 0 Å². The van der Waals surface area contributed by atoms with Crippen LogP contribution in [-0.2, 0) is 0 Å². The Balaban J connectivity index is 2.17. The minimum absolute atomic E-state index is 0.151. The minimum atomic E-state index is 0.151. The van der Waals surface area contributed by atoms with Gasteiger partial charge in [0.05, 0.1) is 23.8 Å². The third-order valence-electron chi connectivity index (χ3n) is 0.933. The predicted octanol–water partition coefficient (Wildman–Crippen LogP) is 0.591. The van der Waals surface area contributed by atoms with Gasteiger partial charge >= 0.3 is 0 Å². The highest BCUT2D eigenvalue weighted by molar-refractivity contribution is 6.21. The third-order valence-corrected chi connectivity index (χ3v) is 1.21. The molecular formula is C3H5ClN2O. The van der Waals surface area contributed by atoms with Crippen molar-refractivity contribution < 1.29 is 0 Å². The molecule has 0 saturated carbocycles. The zero-order chi connectivity index (χ0) is 5.28. The highest BCUT2D eigenvalue weighted by Gasteiger charge is 2.23. The number of nitroso groups, excluding NO2 is 1. The van der Waals surface area contributed by atoms with E-state index in [4.69, 9.17) is 11.6 Å². The maximum Gasteiger partial charge on any atom is 0.0721 e. The third kappa shape index (κ3) is 0.825. The molecule has 0 radical (unpaired) electrons. The van der Waals surface area contributed by atoms with E-state index < -0.39 is 0 Å². The first-order valence-corrected chi connectivity index (χ1v) is 2.49. The fraction of sp³-hybridized carbons (Fsp3) is 1.00. The molecule has 1 heterocycles. The van der Waals surface area contributed by atoms with E-state index >= 15 is 0 Å². The summed E-state index contributed by atoms with van der Waals surface area (Å²) in [7, 11) is 0. The summed E-state index contributed by atoms with van der Waals surface area (Å²) >= 11 is 5.48.